The number of carbonyl (C=O) groups is 1. The van der Waals surface area contributed by atoms with Gasteiger partial charge in [-0.3, -0.25) is 4.79 Å². The zero-order chi connectivity index (χ0) is 14.8. The van der Waals surface area contributed by atoms with E-state index in [4.69, 9.17) is 4.42 Å². The van der Waals surface area contributed by atoms with Crippen molar-refractivity contribution in [2.75, 3.05) is 0 Å². The van der Waals surface area contributed by atoms with E-state index in [2.05, 4.69) is 10.2 Å². The molecule has 0 atom stereocenters. The number of nitrogens with zero attached hydrogens (tertiary/aromatic N) is 3. The molecule has 106 valence electrons. The van der Waals surface area contributed by atoms with Crippen LogP contribution in [0.3, 0.4) is 0 Å². The number of aromatic hydroxyl groups is 1. The molecule has 2 heterocycles. The van der Waals surface area contributed by atoms with Crippen LogP contribution in [0.4, 0.5) is 5.69 Å². The Morgan fingerprint density at radius 3 is 2.81 bits per heavy atom. The molecule has 0 aliphatic heterocycles. The molecule has 0 unspecified atom stereocenters. The molecular formula is C15H13N3O3. The molecule has 21 heavy (non-hydrogen) atoms. The molecule has 3 rings (SSSR count). The van der Waals surface area contributed by atoms with Gasteiger partial charge in [0.1, 0.15) is 0 Å². The Labute approximate surface area is 120 Å². The van der Waals surface area contributed by atoms with Crippen molar-refractivity contribution >= 4 is 22.5 Å². The van der Waals surface area contributed by atoms with Gasteiger partial charge in [0.25, 0.3) is 0 Å². The molecule has 0 aliphatic carbocycles. The van der Waals surface area contributed by atoms with Crippen molar-refractivity contribution in [3.05, 3.63) is 48.4 Å². The Morgan fingerprint density at radius 1 is 1.29 bits per heavy atom. The van der Waals surface area contributed by atoms with E-state index in [1.807, 2.05) is 31.2 Å². The van der Waals surface area contributed by atoms with Gasteiger partial charge in [-0.1, -0.05) is 18.2 Å². The van der Waals surface area contributed by atoms with Crippen LogP contribution in [0.15, 0.2) is 57.3 Å². The first kappa shape index (κ1) is 13.1. The van der Waals surface area contributed by atoms with Crippen LogP contribution in [-0.2, 0) is 6.54 Å². The summed E-state index contributed by atoms with van der Waals surface area (Å²) in [5, 5.41) is 18.5. The molecule has 3 aromatic rings. The molecule has 0 spiro atoms. The zero-order valence-electron chi connectivity index (χ0n) is 11.4. The maximum Gasteiger partial charge on any atom is 0.331 e. The minimum Gasteiger partial charge on any atom is -0.493 e. The van der Waals surface area contributed by atoms with E-state index in [-0.39, 0.29) is 17.3 Å². The lowest BCUT2D eigenvalue weighted by Gasteiger charge is -2.00. The minimum atomic E-state index is -0.590. The van der Waals surface area contributed by atoms with E-state index in [1.54, 1.807) is 10.6 Å². The standard InChI is InChI=1S/C15H13N3O3/c1-2-18-11-7-4-3-6-10(11)13(15(18)20)16-17-14(19)12-8-5-9-21-12/h3-9,20H,2H2,1H3. The molecule has 0 bridgehead atoms. The lowest BCUT2D eigenvalue weighted by Crippen LogP contribution is -1.91. The van der Waals surface area contributed by atoms with E-state index < -0.39 is 5.91 Å². The summed E-state index contributed by atoms with van der Waals surface area (Å²) in [5.41, 5.74) is 1.13. The number of benzene rings is 1. The number of amides is 1. The van der Waals surface area contributed by atoms with Gasteiger partial charge in [0.05, 0.1) is 11.8 Å². The maximum absolute atomic E-state index is 11.8. The van der Waals surface area contributed by atoms with E-state index >= 15 is 0 Å². The minimum absolute atomic E-state index is 0.00491. The second-order valence-electron chi connectivity index (χ2n) is 4.42. The van der Waals surface area contributed by atoms with Gasteiger partial charge in [-0.05, 0) is 25.1 Å². The lowest BCUT2D eigenvalue weighted by atomic mass is 10.2. The highest BCUT2D eigenvalue weighted by Gasteiger charge is 2.16. The molecule has 0 radical (unpaired) electrons. The third-order valence-electron chi connectivity index (χ3n) is 3.21. The number of carbonyl (C=O) groups excluding carboxylic acids is 1. The highest BCUT2D eigenvalue weighted by Crippen LogP contribution is 2.38. The molecule has 1 N–H and O–H groups in total. The average molecular weight is 283 g/mol. The quantitative estimate of drug-likeness (QED) is 0.740. The number of fused-ring (bicyclic) bond motifs is 1. The first-order chi connectivity index (χ1) is 10.2. The van der Waals surface area contributed by atoms with Crippen LogP contribution in [0.1, 0.15) is 17.5 Å². The van der Waals surface area contributed by atoms with E-state index in [9.17, 15) is 9.90 Å². The van der Waals surface area contributed by atoms with Crippen LogP contribution in [0.25, 0.3) is 10.9 Å². The second kappa shape index (κ2) is 5.24. The monoisotopic (exact) mass is 283 g/mol. The second-order valence-corrected chi connectivity index (χ2v) is 4.42. The van der Waals surface area contributed by atoms with Crippen molar-refractivity contribution in [1.29, 1.82) is 0 Å². The smallest absolute Gasteiger partial charge is 0.331 e. The summed E-state index contributed by atoms with van der Waals surface area (Å²) in [5.74, 6) is -0.486. The molecular weight excluding hydrogens is 270 g/mol. The third kappa shape index (κ3) is 2.20. The molecule has 1 amide bonds. The summed E-state index contributed by atoms with van der Waals surface area (Å²) in [6.07, 6.45) is 1.39. The number of rotatable bonds is 3. The van der Waals surface area contributed by atoms with E-state index in [1.165, 1.54) is 12.3 Å². The van der Waals surface area contributed by atoms with Gasteiger partial charge >= 0.3 is 5.91 Å². The van der Waals surface area contributed by atoms with Crippen molar-refractivity contribution in [3.63, 3.8) is 0 Å². The summed E-state index contributed by atoms with van der Waals surface area (Å²) in [6.45, 7) is 2.51. The van der Waals surface area contributed by atoms with Crippen molar-refractivity contribution in [3.8, 4) is 5.88 Å². The van der Waals surface area contributed by atoms with Gasteiger partial charge < -0.3 is 14.1 Å². The number of hydrogen-bond donors (Lipinski definition) is 1. The van der Waals surface area contributed by atoms with Gasteiger partial charge in [-0.15, -0.1) is 10.2 Å². The highest BCUT2D eigenvalue weighted by atomic mass is 16.3. The first-order valence-electron chi connectivity index (χ1n) is 6.52. The SMILES string of the molecule is CCn1c(O)c(N=NC(=O)c2ccco2)c2ccccc21. The number of furan rings is 1. The Kier molecular flexibility index (Phi) is 3.27. The molecule has 0 saturated carbocycles. The molecule has 1 aromatic carbocycles. The topological polar surface area (TPSA) is 80.1 Å². The predicted molar refractivity (Wildman–Crippen MR) is 76.8 cm³/mol. The number of aromatic nitrogens is 1. The van der Waals surface area contributed by atoms with Crippen molar-refractivity contribution in [2.24, 2.45) is 10.2 Å². The molecule has 6 nitrogen and oxygen atoms in total. The van der Waals surface area contributed by atoms with E-state index in [0.717, 1.165) is 10.9 Å². The van der Waals surface area contributed by atoms with Crippen molar-refractivity contribution in [2.45, 2.75) is 13.5 Å². The summed E-state index contributed by atoms with van der Waals surface area (Å²) in [7, 11) is 0. The van der Waals surface area contributed by atoms with Crippen LogP contribution in [0.5, 0.6) is 5.88 Å². The van der Waals surface area contributed by atoms with Crippen LogP contribution in [0.2, 0.25) is 0 Å². The van der Waals surface area contributed by atoms with Crippen LogP contribution in [0, 0.1) is 0 Å². The van der Waals surface area contributed by atoms with Gasteiger partial charge in [0, 0.05) is 11.9 Å². The van der Waals surface area contributed by atoms with Crippen LogP contribution >= 0.6 is 0 Å². The largest absolute Gasteiger partial charge is 0.493 e. The summed E-state index contributed by atoms with van der Waals surface area (Å²) in [4.78, 5) is 11.8. The fourth-order valence-electron chi connectivity index (χ4n) is 2.24. The lowest BCUT2D eigenvalue weighted by molar-refractivity contribution is 0.0968. The predicted octanol–water partition coefficient (Wildman–Crippen LogP) is 3.88. The van der Waals surface area contributed by atoms with Crippen LogP contribution < -0.4 is 0 Å². The number of aryl methyl sites for hydroxylation is 1. The maximum atomic E-state index is 11.8. The normalized spacial score (nSPS) is 11.5. The molecule has 0 aliphatic rings. The molecule has 0 saturated heterocycles. The molecule has 0 fully saturated rings. The van der Waals surface area contributed by atoms with Crippen molar-refractivity contribution < 1.29 is 14.3 Å². The van der Waals surface area contributed by atoms with Gasteiger partial charge in [0.15, 0.2) is 11.4 Å². The summed E-state index contributed by atoms with van der Waals surface area (Å²) < 4.78 is 6.67. The fraction of sp³-hybridized carbons (Fsp3) is 0.133. The number of azo groups is 1. The molecule has 6 heteroatoms. The number of para-hydroxylation sites is 1. The Hall–Kier alpha value is -2.89. The Balaban J connectivity index is 2.05. The van der Waals surface area contributed by atoms with Gasteiger partial charge in [-0.2, -0.15) is 0 Å². The average Bonchev–Trinajstić information content (AvgIpc) is 3.11. The Morgan fingerprint density at radius 2 is 2.10 bits per heavy atom. The first-order valence-corrected chi connectivity index (χ1v) is 6.52. The van der Waals surface area contributed by atoms with Crippen molar-refractivity contribution in [1.82, 2.24) is 4.57 Å². The van der Waals surface area contributed by atoms with E-state index in [0.29, 0.717) is 6.54 Å². The summed E-state index contributed by atoms with van der Waals surface area (Å²) in [6, 6.07) is 10.5. The van der Waals surface area contributed by atoms with Crippen LogP contribution in [-0.4, -0.2) is 15.6 Å². The fourth-order valence-corrected chi connectivity index (χ4v) is 2.24. The van der Waals surface area contributed by atoms with Gasteiger partial charge in [-0.25, -0.2) is 0 Å². The third-order valence-corrected chi connectivity index (χ3v) is 3.21. The highest BCUT2D eigenvalue weighted by molar-refractivity contribution is 5.96. The summed E-state index contributed by atoms with van der Waals surface area (Å²) >= 11 is 0. The molecule has 2 aromatic heterocycles. The zero-order valence-corrected chi connectivity index (χ0v) is 11.4. The Bertz CT molecular complexity index is 816. The number of hydrogen-bond acceptors (Lipinski definition) is 4. The van der Waals surface area contributed by atoms with Gasteiger partial charge in [0.2, 0.25) is 5.88 Å².